The van der Waals surface area contributed by atoms with E-state index in [1.54, 1.807) is 0 Å². The van der Waals surface area contributed by atoms with Gasteiger partial charge in [-0.05, 0) is 29.3 Å². The lowest BCUT2D eigenvalue weighted by Gasteiger charge is -2.39. The predicted octanol–water partition coefficient (Wildman–Crippen LogP) is 4.95. The van der Waals surface area contributed by atoms with E-state index in [4.69, 9.17) is 16.3 Å². The van der Waals surface area contributed by atoms with Crippen molar-refractivity contribution in [2.24, 2.45) is 0 Å². The molecule has 1 aromatic heterocycles. The van der Waals surface area contributed by atoms with Crippen molar-refractivity contribution in [3.63, 3.8) is 0 Å². The number of aromatic amines is 1. The van der Waals surface area contributed by atoms with Gasteiger partial charge in [-0.25, -0.2) is 4.79 Å². The van der Waals surface area contributed by atoms with Crippen molar-refractivity contribution in [1.29, 1.82) is 0 Å². The minimum atomic E-state index is -0.519. The van der Waals surface area contributed by atoms with E-state index >= 15 is 0 Å². The van der Waals surface area contributed by atoms with Crippen molar-refractivity contribution in [2.45, 2.75) is 6.04 Å². The van der Waals surface area contributed by atoms with E-state index in [1.165, 1.54) is 18.2 Å². The Bertz CT molecular complexity index is 1380. The lowest BCUT2D eigenvalue weighted by molar-refractivity contribution is -0.117. The van der Waals surface area contributed by atoms with Crippen LogP contribution < -0.4 is 5.32 Å². The van der Waals surface area contributed by atoms with Gasteiger partial charge in [0, 0.05) is 42.1 Å². The first-order valence-corrected chi connectivity index (χ1v) is 12.7. The summed E-state index contributed by atoms with van der Waals surface area (Å²) in [6, 6.07) is 26.1. The number of nitrogens with one attached hydrogen (secondary N) is 2. The first kappa shape index (κ1) is 25.0. The van der Waals surface area contributed by atoms with Gasteiger partial charge in [-0.2, -0.15) is 0 Å². The lowest BCUT2D eigenvalue weighted by Crippen LogP contribution is -2.49. The third-order valence-corrected chi connectivity index (χ3v) is 7.05. The second-order valence-corrected chi connectivity index (χ2v) is 9.57. The van der Waals surface area contributed by atoms with Gasteiger partial charge >= 0.3 is 5.97 Å². The SMILES string of the molecule is COC(=O)c1[nH]c2ccccc2c1NC(=O)CN1CCN(C(c2ccccc2)c2ccc(Cl)cc2)CC1. The van der Waals surface area contributed by atoms with Crippen molar-refractivity contribution in [1.82, 2.24) is 14.8 Å². The van der Waals surface area contributed by atoms with Crippen LogP contribution in [0.15, 0.2) is 78.9 Å². The fourth-order valence-electron chi connectivity index (χ4n) is 4.98. The van der Waals surface area contributed by atoms with Crippen LogP contribution in [0.2, 0.25) is 5.02 Å². The highest BCUT2D eigenvalue weighted by atomic mass is 35.5. The minimum absolute atomic E-state index is 0.114. The van der Waals surface area contributed by atoms with Crippen molar-refractivity contribution in [3.05, 3.63) is 101 Å². The summed E-state index contributed by atoms with van der Waals surface area (Å²) in [6.07, 6.45) is 0. The molecule has 0 spiro atoms. The maximum atomic E-state index is 13.0. The monoisotopic (exact) mass is 516 g/mol. The maximum absolute atomic E-state index is 13.0. The van der Waals surface area contributed by atoms with Gasteiger partial charge in [-0.1, -0.05) is 72.3 Å². The number of amides is 1. The van der Waals surface area contributed by atoms with Gasteiger partial charge in [0.05, 0.1) is 25.4 Å². The molecule has 0 bridgehead atoms. The lowest BCUT2D eigenvalue weighted by atomic mass is 9.96. The first-order chi connectivity index (χ1) is 18.0. The average Bonchev–Trinajstić information content (AvgIpc) is 3.29. The molecule has 0 saturated carbocycles. The summed E-state index contributed by atoms with van der Waals surface area (Å²) in [5.74, 6) is -0.685. The number of hydrogen-bond donors (Lipinski definition) is 2. The summed E-state index contributed by atoms with van der Waals surface area (Å²) < 4.78 is 4.91. The number of nitrogens with zero attached hydrogens (tertiary/aromatic N) is 2. The van der Waals surface area contributed by atoms with Gasteiger partial charge < -0.3 is 15.0 Å². The fraction of sp³-hybridized carbons (Fsp3) is 0.241. The van der Waals surface area contributed by atoms with E-state index < -0.39 is 5.97 Å². The van der Waals surface area contributed by atoms with Gasteiger partial charge in [-0.3, -0.25) is 14.6 Å². The number of carbonyl (C=O) groups excluding carboxylic acids is 2. The van der Waals surface area contributed by atoms with Crippen LogP contribution in [0, 0.1) is 0 Å². The van der Waals surface area contributed by atoms with E-state index in [9.17, 15) is 9.59 Å². The topological polar surface area (TPSA) is 77.7 Å². The number of carbonyl (C=O) groups is 2. The molecule has 0 radical (unpaired) electrons. The summed E-state index contributed by atoms with van der Waals surface area (Å²) in [5, 5.41) is 4.44. The normalized spacial score (nSPS) is 15.4. The number of para-hydroxylation sites is 1. The number of hydrogen-bond acceptors (Lipinski definition) is 5. The number of benzene rings is 3. The predicted molar refractivity (Wildman–Crippen MR) is 146 cm³/mol. The number of H-pyrrole nitrogens is 1. The Morgan fingerprint density at radius 3 is 2.27 bits per heavy atom. The van der Waals surface area contributed by atoms with Crippen LogP contribution in [0.3, 0.4) is 0 Å². The van der Waals surface area contributed by atoms with Gasteiger partial charge in [0.15, 0.2) is 0 Å². The van der Waals surface area contributed by atoms with Crippen molar-refractivity contribution < 1.29 is 14.3 Å². The third kappa shape index (κ3) is 5.54. The second kappa shape index (κ2) is 11.2. The van der Waals surface area contributed by atoms with Crippen LogP contribution in [0.1, 0.15) is 27.7 Å². The standard InChI is InChI=1S/C29H29ClN4O3/c1-37-29(36)27-26(23-9-5-6-10-24(23)31-27)32-25(35)19-33-15-17-34(18-16-33)28(20-7-3-2-4-8-20)21-11-13-22(30)14-12-21/h2-14,28,31H,15-19H2,1H3,(H,32,35). The zero-order valence-electron chi connectivity index (χ0n) is 20.6. The number of piperazine rings is 1. The molecule has 1 unspecified atom stereocenters. The number of anilines is 1. The zero-order chi connectivity index (χ0) is 25.8. The molecule has 0 aliphatic carbocycles. The Balaban J connectivity index is 1.26. The van der Waals surface area contributed by atoms with E-state index in [2.05, 4.69) is 56.5 Å². The Morgan fingerprint density at radius 2 is 1.57 bits per heavy atom. The van der Waals surface area contributed by atoms with Crippen LogP contribution in [0.4, 0.5) is 5.69 Å². The average molecular weight is 517 g/mol. The van der Waals surface area contributed by atoms with Gasteiger partial charge in [0.2, 0.25) is 5.91 Å². The molecule has 3 aromatic carbocycles. The molecule has 1 atom stereocenters. The molecule has 8 heteroatoms. The van der Waals surface area contributed by atoms with Crippen LogP contribution in [-0.2, 0) is 9.53 Å². The van der Waals surface area contributed by atoms with Crippen LogP contribution in [0.5, 0.6) is 0 Å². The highest BCUT2D eigenvalue weighted by Gasteiger charge is 2.28. The number of halogens is 1. The van der Waals surface area contributed by atoms with Gasteiger partial charge in [0.25, 0.3) is 0 Å². The number of ether oxygens (including phenoxy) is 1. The first-order valence-electron chi connectivity index (χ1n) is 12.3. The minimum Gasteiger partial charge on any atom is -0.464 e. The Morgan fingerprint density at radius 1 is 0.919 bits per heavy atom. The van der Waals surface area contributed by atoms with Crippen LogP contribution in [-0.4, -0.2) is 66.5 Å². The molecule has 2 N–H and O–H groups in total. The summed E-state index contributed by atoms with van der Waals surface area (Å²) in [4.78, 5) is 33.0. The molecule has 1 aliphatic heterocycles. The fourth-order valence-corrected chi connectivity index (χ4v) is 5.11. The van der Waals surface area contributed by atoms with Gasteiger partial charge in [-0.15, -0.1) is 0 Å². The highest BCUT2D eigenvalue weighted by Crippen LogP contribution is 2.31. The van der Waals surface area contributed by atoms with E-state index in [-0.39, 0.29) is 24.2 Å². The van der Waals surface area contributed by atoms with E-state index in [0.717, 1.165) is 42.1 Å². The van der Waals surface area contributed by atoms with Crippen molar-refractivity contribution in [2.75, 3.05) is 45.2 Å². The quantitative estimate of drug-likeness (QED) is 0.340. The number of methoxy groups -OCH3 is 1. The number of fused-ring (bicyclic) bond motifs is 1. The number of aromatic nitrogens is 1. The molecule has 7 nitrogen and oxygen atoms in total. The van der Waals surface area contributed by atoms with E-state index in [0.29, 0.717) is 5.69 Å². The summed E-state index contributed by atoms with van der Waals surface area (Å²) in [7, 11) is 1.33. The zero-order valence-corrected chi connectivity index (χ0v) is 21.4. The van der Waals surface area contributed by atoms with Crippen molar-refractivity contribution in [3.8, 4) is 0 Å². The number of esters is 1. The summed E-state index contributed by atoms with van der Waals surface area (Å²) >= 11 is 6.15. The Kier molecular flexibility index (Phi) is 7.55. The molecule has 37 heavy (non-hydrogen) atoms. The third-order valence-electron chi connectivity index (χ3n) is 6.80. The molecule has 1 amide bonds. The van der Waals surface area contributed by atoms with E-state index in [1.807, 2.05) is 42.5 Å². The summed E-state index contributed by atoms with van der Waals surface area (Å²) in [6.45, 7) is 3.38. The molecule has 4 aromatic rings. The van der Waals surface area contributed by atoms with Crippen LogP contribution >= 0.6 is 11.6 Å². The molecule has 1 aliphatic rings. The number of rotatable bonds is 7. The van der Waals surface area contributed by atoms with Gasteiger partial charge in [0.1, 0.15) is 5.69 Å². The molecular formula is C29H29ClN4O3. The largest absolute Gasteiger partial charge is 0.464 e. The van der Waals surface area contributed by atoms with Crippen LogP contribution in [0.25, 0.3) is 10.9 Å². The molecule has 1 fully saturated rings. The molecular weight excluding hydrogens is 488 g/mol. The highest BCUT2D eigenvalue weighted by molar-refractivity contribution is 6.30. The smallest absolute Gasteiger partial charge is 0.356 e. The molecule has 190 valence electrons. The molecule has 1 saturated heterocycles. The summed E-state index contributed by atoms with van der Waals surface area (Å²) in [5.41, 5.74) is 3.89. The Labute approximate surface area is 221 Å². The molecule has 2 heterocycles. The van der Waals surface area contributed by atoms with Crippen molar-refractivity contribution >= 4 is 40.1 Å². The Hall–Kier alpha value is -3.65. The molecule has 5 rings (SSSR count). The second-order valence-electron chi connectivity index (χ2n) is 9.14. The maximum Gasteiger partial charge on any atom is 0.356 e.